The number of hydrogen-bond donors (Lipinski definition) is 1. The van der Waals surface area contributed by atoms with Crippen LogP contribution in [0, 0.1) is 0 Å². The average Bonchev–Trinajstić information content (AvgIpc) is 3.00. The lowest BCUT2D eigenvalue weighted by molar-refractivity contribution is -0.131. The smallest absolute Gasteiger partial charge is 0.262 e. The van der Waals surface area contributed by atoms with Crippen LogP contribution < -0.4 is 5.32 Å². The van der Waals surface area contributed by atoms with Gasteiger partial charge < -0.3 is 14.8 Å². The van der Waals surface area contributed by atoms with Gasteiger partial charge in [0.25, 0.3) is 10.0 Å². The highest BCUT2D eigenvalue weighted by atomic mass is 32.2. The van der Waals surface area contributed by atoms with Gasteiger partial charge in [-0.05, 0) is 12.8 Å². The molecule has 2 aliphatic heterocycles. The minimum atomic E-state index is -3.73. The molecular formula is C14H23N5O3S. The third-order valence-electron chi connectivity index (χ3n) is 4.39. The summed E-state index contributed by atoms with van der Waals surface area (Å²) in [5, 5.41) is 3.21. The van der Waals surface area contributed by atoms with Gasteiger partial charge in [0.15, 0.2) is 5.03 Å². The van der Waals surface area contributed by atoms with Gasteiger partial charge in [-0.3, -0.25) is 4.79 Å². The summed E-state index contributed by atoms with van der Waals surface area (Å²) in [5.41, 5.74) is 0. The fourth-order valence-corrected chi connectivity index (χ4v) is 4.04. The number of likely N-dealkylation sites (N-methyl/N-ethyl adjacent to an activating group) is 1. The minimum Gasteiger partial charge on any atom is -0.339 e. The van der Waals surface area contributed by atoms with Gasteiger partial charge in [0.2, 0.25) is 5.91 Å². The zero-order valence-electron chi connectivity index (χ0n) is 13.4. The third kappa shape index (κ3) is 3.41. The van der Waals surface area contributed by atoms with Crippen LogP contribution in [-0.2, 0) is 27.8 Å². The van der Waals surface area contributed by atoms with Crippen LogP contribution in [0.1, 0.15) is 18.7 Å². The Labute approximate surface area is 136 Å². The van der Waals surface area contributed by atoms with Crippen LogP contribution in [0.15, 0.2) is 11.2 Å². The first kappa shape index (κ1) is 16.4. The van der Waals surface area contributed by atoms with Gasteiger partial charge in [-0.25, -0.2) is 13.4 Å². The number of aromatic nitrogens is 2. The Bertz CT molecular complexity index is 655. The highest BCUT2D eigenvalue weighted by molar-refractivity contribution is 7.89. The van der Waals surface area contributed by atoms with Crippen LogP contribution in [0.3, 0.4) is 0 Å². The van der Waals surface area contributed by atoms with Crippen molar-refractivity contribution in [2.45, 2.75) is 30.8 Å². The quantitative estimate of drug-likeness (QED) is 0.780. The summed E-state index contributed by atoms with van der Waals surface area (Å²) in [6.07, 6.45) is 4.47. The number of amides is 1. The van der Waals surface area contributed by atoms with Gasteiger partial charge in [-0.15, -0.1) is 0 Å². The van der Waals surface area contributed by atoms with Crippen LogP contribution in [0.5, 0.6) is 0 Å². The molecule has 8 nitrogen and oxygen atoms in total. The van der Waals surface area contributed by atoms with Crippen molar-refractivity contribution < 1.29 is 13.2 Å². The zero-order valence-corrected chi connectivity index (χ0v) is 14.2. The number of hydrogen-bond acceptors (Lipinski definition) is 5. The minimum absolute atomic E-state index is 0.0463. The highest BCUT2D eigenvalue weighted by Gasteiger charge is 2.29. The first-order valence-corrected chi connectivity index (χ1v) is 9.43. The van der Waals surface area contributed by atoms with E-state index in [1.165, 1.54) is 7.05 Å². The molecule has 128 valence electrons. The Morgan fingerprint density at radius 1 is 1.30 bits per heavy atom. The number of carbonyl (C=O) groups is 1. The van der Waals surface area contributed by atoms with Crippen LogP contribution >= 0.6 is 0 Å². The van der Waals surface area contributed by atoms with E-state index in [2.05, 4.69) is 10.3 Å². The van der Waals surface area contributed by atoms with Gasteiger partial charge >= 0.3 is 0 Å². The summed E-state index contributed by atoms with van der Waals surface area (Å²) in [6.45, 7) is 3.38. The van der Waals surface area contributed by atoms with E-state index in [9.17, 15) is 13.2 Å². The summed E-state index contributed by atoms with van der Waals surface area (Å²) < 4.78 is 28.3. The van der Waals surface area contributed by atoms with Crippen molar-refractivity contribution in [1.82, 2.24) is 24.1 Å². The maximum absolute atomic E-state index is 12.6. The van der Waals surface area contributed by atoms with E-state index in [0.29, 0.717) is 13.1 Å². The molecule has 0 spiro atoms. The average molecular weight is 341 g/mol. The maximum Gasteiger partial charge on any atom is 0.262 e. The molecule has 0 saturated carbocycles. The number of fused-ring (bicyclic) bond motifs is 1. The van der Waals surface area contributed by atoms with Crippen molar-refractivity contribution in [1.29, 1.82) is 0 Å². The van der Waals surface area contributed by atoms with Crippen molar-refractivity contribution in [3.05, 3.63) is 12.0 Å². The number of nitrogens with one attached hydrogen (secondary N) is 1. The molecule has 9 heteroatoms. The standard InChI is InChI=1S/C14H23N5O3S/c1-17(11-14(20)18-8-5-15-6-9-18)23(21,22)13-10-19-7-3-2-4-12(19)16-13/h10,15H,2-9,11H2,1H3. The van der Waals surface area contributed by atoms with E-state index in [0.717, 1.165) is 49.0 Å². The molecule has 0 atom stereocenters. The van der Waals surface area contributed by atoms with Gasteiger partial charge in [-0.1, -0.05) is 0 Å². The predicted octanol–water partition coefficient (Wildman–Crippen LogP) is -0.728. The topological polar surface area (TPSA) is 87.5 Å². The monoisotopic (exact) mass is 341 g/mol. The molecule has 23 heavy (non-hydrogen) atoms. The molecule has 3 heterocycles. The van der Waals surface area contributed by atoms with E-state index in [1.807, 2.05) is 4.57 Å². The largest absolute Gasteiger partial charge is 0.339 e. The van der Waals surface area contributed by atoms with E-state index in [4.69, 9.17) is 0 Å². The zero-order chi connectivity index (χ0) is 16.4. The molecule has 3 rings (SSSR count). The lowest BCUT2D eigenvalue weighted by atomic mass is 10.2. The molecule has 2 aliphatic rings. The number of nitrogens with zero attached hydrogens (tertiary/aromatic N) is 4. The maximum atomic E-state index is 12.6. The summed E-state index contributed by atoms with van der Waals surface area (Å²) >= 11 is 0. The summed E-state index contributed by atoms with van der Waals surface area (Å²) in [4.78, 5) is 18.2. The van der Waals surface area contributed by atoms with Crippen LogP contribution in [-0.4, -0.2) is 72.9 Å². The Morgan fingerprint density at radius 2 is 2.04 bits per heavy atom. The molecule has 1 N–H and O–H groups in total. The second kappa shape index (κ2) is 6.58. The fourth-order valence-electron chi connectivity index (χ4n) is 2.96. The molecule has 1 amide bonds. The Morgan fingerprint density at radius 3 is 2.74 bits per heavy atom. The lowest BCUT2D eigenvalue weighted by Gasteiger charge is -2.28. The Hall–Kier alpha value is -1.45. The van der Waals surface area contributed by atoms with Crippen LogP contribution in [0.2, 0.25) is 0 Å². The number of imidazole rings is 1. The fraction of sp³-hybridized carbons (Fsp3) is 0.714. The van der Waals surface area contributed by atoms with E-state index < -0.39 is 10.0 Å². The summed E-state index contributed by atoms with van der Waals surface area (Å²) in [7, 11) is -2.29. The second-order valence-electron chi connectivity index (χ2n) is 6.04. The number of rotatable bonds is 4. The van der Waals surface area contributed by atoms with Gasteiger partial charge in [0.05, 0.1) is 6.54 Å². The molecule has 0 bridgehead atoms. The molecule has 1 fully saturated rings. The van der Waals surface area contributed by atoms with Crippen LogP contribution in [0.4, 0.5) is 0 Å². The number of carbonyl (C=O) groups excluding carboxylic acids is 1. The van der Waals surface area contributed by atoms with Crippen molar-refractivity contribution in [3.8, 4) is 0 Å². The van der Waals surface area contributed by atoms with Gasteiger partial charge in [0, 0.05) is 52.4 Å². The second-order valence-corrected chi connectivity index (χ2v) is 8.03. The summed E-state index contributed by atoms with van der Waals surface area (Å²) in [5.74, 6) is 0.651. The lowest BCUT2D eigenvalue weighted by Crippen LogP contribution is -2.49. The highest BCUT2D eigenvalue weighted by Crippen LogP contribution is 2.19. The van der Waals surface area contributed by atoms with Crippen molar-refractivity contribution in [2.75, 3.05) is 39.8 Å². The number of sulfonamides is 1. The van der Waals surface area contributed by atoms with Crippen molar-refractivity contribution in [2.24, 2.45) is 0 Å². The van der Waals surface area contributed by atoms with Crippen LogP contribution in [0.25, 0.3) is 0 Å². The Balaban J connectivity index is 1.71. The predicted molar refractivity (Wildman–Crippen MR) is 84.4 cm³/mol. The molecule has 1 aromatic rings. The molecular weight excluding hydrogens is 318 g/mol. The normalized spacial score (nSPS) is 19.0. The van der Waals surface area contributed by atoms with Gasteiger partial charge in [0.1, 0.15) is 5.82 Å². The van der Waals surface area contributed by atoms with Crippen molar-refractivity contribution in [3.63, 3.8) is 0 Å². The first-order chi connectivity index (χ1) is 11.0. The van der Waals surface area contributed by atoms with Crippen molar-refractivity contribution >= 4 is 15.9 Å². The molecule has 0 unspecified atom stereocenters. The number of aryl methyl sites for hydroxylation is 2. The van der Waals surface area contributed by atoms with E-state index in [-0.39, 0.29) is 17.5 Å². The van der Waals surface area contributed by atoms with E-state index >= 15 is 0 Å². The number of piperazine rings is 1. The molecule has 0 aliphatic carbocycles. The third-order valence-corrected chi connectivity index (χ3v) is 6.06. The Kier molecular flexibility index (Phi) is 4.69. The van der Waals surface area contributed by atoms with E-state index in [1.54, 1.807) is 11.1 Å². The molecule has 1 aromatic heterocycles. The van der Waals surface area contributed by atoms with Gasteiger partial charge in [-0.2, -0.15) is 4.31 Å². The molecule has 1 saturated heterocycles. The SMILES string of the molecule is CN(CC(=O)N1CCNCC1)S(=O)(=O)c1cn2c(n1)CCCC2. The molecule has 0 aromatic carbocycles. The molecule has 0 radical (unpaired) electrons. The summed E-state index contributed by atoms with van der Waals surface area (Å²) in [6, 6.07) is 0. The first-order valence-electron chi connectivity index (χ1n) is 7.99.